The second-order valence-electron chi connectivity index (χ2n) is 29.1. The number of carbonyl (C=O) groups excluding carboxylic acids is 4. The molecule has 0 saturated carbocycles. The number of phosphoric ester groups is 2. The molecule has 0 aromatic carbocycles. The van der Waals surface area contributed by atoms with Crippen LogP contribution in [-0.4, -0.2) is 96.7 Å². The lowest BCUT2D eigenvalue weighted by Crippen LogP contribution is -2.30. The highest BCUT2D eigenvalue weighted by Gasteiger charge is 2.30. The van der Waals surface area contributed by atoms with Gasteiger partial charge in [-0.2, -0.15) is 0 Å². The molecule has 3 unspecified atom stereocenters. The highest BCUT2D eigenvalue weighted by molar-refractivity contribution is 7.47. The van der Waals surface area contributed by atoms with Crippen LogP contribution in [0.4, 0.5) is 0 Å². The molecule has 0 aromatic heterocycles. The van der Waals surface area contributed by atoms with Gasteiger partial charge in [-0.05, 0) is 31.6 Å². The summed E-state index contributed by atoms with van der Waals surface area (Å²) in [5.41, 5.74) is 0. The van der Waals surface area contributed by atoms with Crippen molar-refractivity contribution in [2.45, 2.75) is 445 Å². The third-order valence-corrected chi connectivity index (χ3v) is 21.0. The van der Waals surface area contributed by atoms with Crippen molar-refractivity contribution in [3.63, 3.8) is 0 Å². The minimum Gasteiger partial charge on any atom is -0.462 e. The summed E-state index contributed by atoms with van der Waals surface area (Å²) in [6.07, 6.45) is 64.1. The lowest BCUT2D eigenvalue weighted by atomic mass is 10.00. The number of aliphatic hydroxyl groups excluding tert-OH is 1. The summed E-state index contributed by atoms with van der Waals surface area (Å²) >= 11 is 0. The van der Waals surface area contributed by atoms with Gasteiger partial charge >= 0.3 is 39.5 Å². The average Bonchev–Trinajstić information content (AvgIpc) is 0.984. The Balaban J connectivity index is 5.17. The van der Waals surface area contributed by atoms with Gasteiger partial charge in [0, 0.05) is 25.7 Å². The number of phosphoric acid groups is 2. The predicted molar refractivity (Wildman–Crippen MR) is 405 cm³/mol. The molecule has 588 valence electrons. The number of hydrogen-bond donors (Lipinski definition) is 3. The van der Waals surface area contributed by atoms with Crippen molar-refractivity contribution in [3.8, 4) is 0 Å². The molecule has 0 aliphatic heterocycles. The van der Waals surface area contributed by atoms with Crippen LogP contribution < -0.4 is 0 Å². The first kappa shape index (κ1) is 97.1. The summed E-state index contributed by atoms with van der Waals surface area (Å²) in [7, 11) is -9.91. The molecule has 17 nitrogen and oxygen atoms in total. The molecule has 0 fully saturated rings. The Hall–Kier alpha value is -1.94. The Morgan fingerprint density at radius 2 is 0.485 bits per heavy atom. The van der Waals surface area contributed by atoms with Gasteiger partial charge in [0.05, 0.1) is 26.4 Å². The minimum absolute atomic E-state index is 0.103. The van der Waals surface area contributed by atoms with Crippen LogP contribution in [-0.2, 0) is 65.4 Å². The van der Waals surface area contributed by atoms with Gasteiger partial charge in [0.25, 0.3) is 0 Å². The summed E-state index contributed by atoms with van der Waals surface area (Å²) in [5.74, 6) is -1.39. The fraction of sp³-hybridized carbons (Fsp3) is 0.950. The molecular weight excluding hydrogens is 1290 g/mol. The van der Waals surface area contributed by atoms with Crippen LogP contribution in [0, 0.1) is 5.92 Å². The Labute approximate surface area is 607 Å². The van der Waals surface area contributed by atoms with Crippen LogP contribution in [0.2, 0.25) is 0 Å². The zero-order chi connectivity index (χ0) is 72.7. The van der Waals surface area contributed by atoms with Crippen LogP contribution in [0.5, 0.6) is 0 Å². The molecule has 0 aliphatic rings. The van der Waals surface area contributed by atoms with E-state index in [2.05, 4.69) is 34.6 Å². The highest BCUT2D eigenvalue weighted by atomic mass is 31.2. The Morgan fingerprint density at radius 3 is 0.717 bits per heavy atom. The van der Waals surface area contributed by atoms with Crippen molar-refractivity contribution in [2.75, 3.05) is 39.6 Å². The van der Waals surface area contributed by atoms with E-state index in [0.717, 1.165) is 95.8 Å². The van der Waals surface area contributed by atoms with Crippen molar-refractivity contribution in [1.82, 2.24) is 0 Å². The highest BCUT2D eigenvalue weighted by Crippen LogP contribution is 2.45. The third kappa shape index (κ3) is 72.8. The summed E-state index contributed by atoms with van der Waals surface area (Å²) in [4.78, 5) is 72.8. The van der Waals surface area contributed by atoms with E-state index in [4.69, 9.17) is 37.0 Å². The van der Waals surface area contributed by atoms with Gasteiger partial charge < -0.3 is 33.8 Å². The molecule has 0 rings (SSSR count). The van der Waals surface area contributed by atoms with E-state index in [9.17, 15) is 43.2 Å². The molecule has 0 saturated heterocycles. The standard InChI is InChI=1S/C80H156O17P2/c1-6-10-13-16-19-22-24-26-28-30-32-33-34-35-37-39-41-43-46-49-55-60-65-79(84)96-75(69-91-78(83)64-59-54-48-45-42-40-38-36-31-29-27-25-23-20-17-14-11-7-2)71-94-98(86,87)92-67-74(81)68-93-99(88,89)95-72-76(70-90-77(82)63-58-53-47-44-21-18-15-12-8-3)97-80(85)66-61-56-51-50-52-57-62-73(5)9-4/h73-76,81H,6-72H2,1-5H3,(H,86,87)(H,88,89)/t73?,74-,75-,76-/m1/s1. The number of rotatable bonds is 80. The maximum atomic E-state index is 13.1. The largest absolute Gasteiger partial charge is 0.472 e. The van der Waals surface area contributed by atoms with Crippen LogP contribution in [0.1, 0.15) is 426 Å². The van der Waals surface area contributed by atoms with E-state index in [0.29, 0.717) is 25.7 Å². The summed E-state index contributed by atoms with van der Waals surface area (Å²) in [6, 6.07) is 0. The van der Waals surface area contributed by atoms with E-state index in [-0.39, 0.29) is 25.7 Å². The lowest BCUT2D eigenvalue weighted by Gasteiger charge is -2.21. The lowest BCUT2D eigenvalue weighted by molar-refractivity contribution is -0.161. The average molecular weight is 1450 g/mol. The molecule has 0 bridgehead atoms. The molecule has 6 atom stereocenters. The fourth-order valence-corrected chi connectivity index (χ4v) is 14.0. The molecule has 0 radical (unpaired) electrons. The molecule has 0 spiro atoms. The molecule has 0 aromatic rings. The van der Waals surface area contributed by atoms with Crippen molar-refractivity contribution < 1.29 is 80.2 Å². The maximum absolute atomic E-state index is 13.1. The number of unbranched alkanes of at least 4 members (excludes halogenated alkanes) is 51. The first-order valence-corrected chi connectivity index (χ1v) is 44.7. The molecule has 3 N–H and O–H groups in total. The first-order chi connectivity index (χ1) is 48.1. The van der Waals surface area contributed by atoms with Crippen LogP contribution >= 0.6 is 15.6 Å². The number of ether oxygens (including phenoxy) is 4. The topological polar surface area (TPSA) is 237 Å². The van der Waals surface area contributed by atoms with Gasteiger partial charge in [-0.1, -0.05) is 375 Å². The van der Waals surface area contributed by atoms with Gasteiger partial charge in [0.2, 0.25) is 0 Å². The van der Waals surface area contributed by atoms with Crippen molar-refractivity contribution >= 4 is 39.5 Å². The Bertz CT molecular complexity index is 1890. The first-order valence-electron chi connectivity index (χ1n) is 41.7. The Morgan fingerprint density at radius 1 is 0.283 bits per heavy atom. The number of hydrogen-bond acceptors (Lipinski definition) is 15. The maximum Gasteiger partial charge on any atom is 0.472 e. The van der Waals surface area contributed by atoms with Gasteiger partial charge in [-0.25, -0.2) is 9.13 Å². The SMILES string of the molecule is CCCCCCCCCCCCCCCCCCCCCCCCC(=O)O[C@H](COC(=O)CCCCCCCCCCCCCCCCCCCC)COP(=O)(O)OC[C@@H](O)COP(=O)(O)OC[C@@H](COC(=O)CCCCCCCCCCC)OC(=O)CCCCCCCCC(C)CC. The van der Waals surface area contributed by atoms with Crippen LogP contribution in [0.3, 0.4) is 0 Å². The monoisotopic (exact) mass is 1450 g/mol. The molecule has 19 heteroatoms. The fourth-order valence-electron chi connectivity index (χ4n) is 12.4. The number of esters is 4. The second-order valence-corrected chi connectivity index (χ2v) is 32.0. The molecule has 0 heterocycles. The molecule has 0 aliphatic carbocycles. The van der Waals surface area contributed by atoms with E-state index >= 15 is 0 Å². The van der Waals surface area contributed by atoms with Crippen LogP contribution in [0.25, 0.3) is 0 Å². The molecule has 99 heavy (non-hydrogen) atoms. The summed E-state index contributed by atoms with van der Waals surface area (Å²) in [6.45, 7) is 7.24. The van der Waals surface area contributed by atoms with E-state index in [1.165, 1.54) is 250 Å². The van der Waals surface area contributed by atoms with Crippen molar-refractivity contribution in [1.29, 1.82) is 0 Å². The minimum atomic E-state index is -4.96. The smallest absolute Gasteiger partial charge is 0.462 e. The van der Waals surface area contributed by atoms with Crippen molar-refractivity contribution in [2.24, 2.45) is 5.92 Å². The van der Waals surface area contributed by atoms with Gasteiger partial charge in [-0.15, -0.1) is 0 Å². The van der Waals surface area contributed by atoms with Crippen LogP contribution in [0.15, 0.2) is 0 Å². The van der Waals surface area contributed by atoms with E-state index in [1.807, 2.05) is 0 Å². The molecule has 0 amide bonds. The second kappa shape index (κ2) is 73.0. The molecular formula is C80H156O17P2. The van der Waals surface area contributed by atoms with Gasteiger partial charge in [-0.3, -0.25) is 37.3 Å². The predicted octanol–water partition coefficient (Wildman–Crippen LogP) is 24.0. The Kier molecular flexibility index (Phi) is 71.6. The van der Waals surface area contributed by atoms with E-state index < -0.39 is 97.5 Å². The quantitative estimate of drug-likeness (QED) is 0.0222. The summed E-state index contributed by atoms with van der Waals surface area (Å²) in [5, 5.41) is 10.6. The van der Waals surface area contributed by atoms with Crippen molar-refractivity contribution in [3.05, 3.63) is 0 Å². The van der Waals surface area contributed by atoms with E-state index in [1.54, 1.807) is 0 Å². The summed E-state index contributed by atoms with van der Waals surface area (Å²) < 4.78 is 68.6. The van der Waals surface area contributed by atoms with Gasteiger partial charge in [0.15, 0.2) is 12.2 Å². The zero-order valence-corrected chi connectivity index (χ0v) is 66.4. The number of aliphatic hydroxyl groups is 1. The zero-order valence-electron chi connectivity index (χ0n) is 64.6. The normalized spacial score (nSPS) is 14.1. The third-order valence-electron chi connectivity index (χ3n) is 19.1. The number of carbonyl (C=O) groups is 4. The van der Waals surface area contributed by atoms with Gasteiger partial charge in [0.1, 0.15) is 19.3 Å².